The van der Waals surface area contributed by atoms with Gasteiger partial charge in [0.2, 0.25) is 0 Å². The molecule has 38 heavy (non-hydrogen) atoms. The average molecular weight is 536 g/mol. The zero-order valence-electron chi connectivity index (χ0n) is 21.1. The first-order valence-corrected chi connectivity index (χ1v) is 11.8. The van der Waals surface area contributed by atoms with Gasteiger partial charge in [-0.15, -0.1) is 10.2 Å². The standard InChI is InChI=1S/C22H27N7O2.C2HF3O2/c1-26-14-19-23-24-20(16-4-6-17(31-3)7-5-16)29(19)22(15-26)9-12-28(13-10-22)21(30)18-8-11-27(2)25-18;3-2(4,5)1(6)7/h4-8,11H,9-10,12-15H2,1-3H3;(H,6,7). The van der Waals surface area contributed by atoms with Gasteiger partial charge in [0.25, 0.3) is 5.91 Å². The Morgan fingerprint density at radius 2 is 1.68 bits per heavy atom. The van der Waals surface area contributed by atoms with Gasteiger partial charge in [-0.25, -0.2) is 4.79 Å². The summed E-state index contributed by atoms with van der Waals surface area (Å²) in [5.41, 5.74) is 1.39. The van der Waals surface area contributed by atoms with Crippen molar-refractivity contribution in [1.82, 2.24) is 34.3 Å². The molecule has 0 atom stereocenters. The van der Waals surface area contributed by atoms with Crippen LogP contribution in [0.25, 0.3) is 11.4 Å². The second-order valence-corrected chi connectivity index (χ2v) is 9.37. The third kappa shape index (κ3) is 5.49. The predicted octanol–water partition coefficient (Wildman–Crippen LogP) is 2.40. The zero-order valence-corrected chi connectivity index (χ0v) is 21.1. The van der Waals surface area contributed by atoms with Gasteiger partial charge in [0.1, 0.15) is 17.3 Å². The first kappa shape index (κ1) is 27.1. The molecule has 0 aliphatic carbocycles. The summed E-state index contributed by atoms with van der Waals surface area (Å²) in [6.45, 7) is 3.04. The minimum atomic E-state index is -5.08. The minimum absolute atomic E-state index is 0.000952. The maximum atomic E-state index is 12.9. The van der Waals surface area contributed by atoms with Gasteiger partial charge in [0.05, 0.1) is 19.2 Å². The molecule has 1 aromatic carbocycles. The van der Waals surface area contributed by atoms with E-state index >= 15 is 0 Å². The first-order valence-electron chi connectivity index (χ1n) is 11.8. The number of fused-ring (bicyclic) bond motifs is 2. The highest BCUT2D eigenvalue weighted by atomic mass is 19.4. The molecule has 0 saturated carbocycles. The van der Waals surface area contributed by atoms with Crippen molar-refractivity contribution in [3.05, 3.63) is 48.0 Å². The van der Waals surface area contributed by atoms with Gasteiger partial charge in [-0.2, -0.15) is 18.3 Å². The molecule has 2 aromatic heterocycles. The molecule has 3 aromatic rings. The number of halogens is 3. The van der Waals surface area contributed by atoms with Crippen LogP contribution in [0.15, 0.2) is 36.5 Å². The van der Waals surface area contributed by atoms with E-state index in [1.165, 1.54) is 0 Å². The van der Waals surface area contributed by atoms with Gasteiger partial charge in [-0.05, 0) is 50.2 Å². The van der Waals surface area contributed by atoms with Crippen molar-refractivity contribution in [1.29, 1.82) is 0 Å². The van der Waals surface area contributed by atoms with Gasteiger partial charge in [0, 0.05) is 38.4 Å². The lowest BCUT2D eigenvalue weighted by Gasteiger charge is -2.48. The highest BCUT2D eigenvalue weighted by Gasteiger charge is 2.44. The lowest BCUT2D eigenvalue weighted by molar-refractivity contribution is -0.192. The Labute approximate surface area is 216 Å². The van der Waals surface area contributed by atoms with Gasteiger partial charge in [0.15, 0.2) is 5.82 Å². The Morgan fingerprint density at radius 1 is 1.05 bits per heavy atom. The van der Waals surface area contributed by atoms with Gasteiger partial charge in [-0.3, -0.25) is 14.4 Å². The number of piperidine rings is 1. The summed E-state index contributed by atoms with van der Waals surface area (Å²) in [7, 11) is 5.62. The Morgan fingerprint density at radius 3 is 2.21 bits per heavy atom. The van der Waals surface area contributed by atoms with E-state index in [-0.39, 0.29) is 11.4 Å². The van der Waals surface area contributed by atoms with E-state index in [2.05, 4.69) is 31.8 Å². The number of aromatic nitrogens is 5. The molecule has 0 radical (unpaired) electrons. The number of carboxylic acids is 1. The molecule has 4 heterocycles. The van der Waals surface area contributed by atoms with Gasteiger partial charge in [-0.1, -0.05) is 0 Å². The van der Waals surface area contributed by atoms with E-state index in [4.69, 9.17) is 14.6 Å². The number of nitrogens with zero attached hydrogens (tertiary/aromatic N) is 7. The molecule has 204 valence electrons. The molecule has 11 nitrogen and oxygen atoms in total. The zero-order chi connectivity index (χ0) is 27.7. The predicted molar refractivity (Wildman–Crippen MR) is 128 cm³/mol. The molecule has 1 spiro atoms. The van der Waals surface area contributed by atoms with Crippen LogP contribution in [0, 0.1) is 0 Å². The molecule has 0 unspecified atom stereocenters. The number of carbonyl (C=O) groups excluding carboxylic acids is 1. The highest BCUT2D eigenvalue weighted by Crippen LogP contribution is 2.39. The molecule has 14 heteroatoms. The molecule has 1 fully saturated rings. The van der Waals surface area contributed by atoms with Crippen LogP contribution in [-0.2, 0) is 23.9 Å². The molecular formula is C24H28F3N7O4. The van der Waals surface area contributed by atoms with Crippen molar-refractivity contribution in [3.63, 3.8) is 0 Å². The topological polar surface area (TPSA) is 119 Å². The van der Waals surface area contributed by atoms with Crippen LogP contribution < -0.4 is 4.74 Å². The Hall–Kier alpha value is -3.94. The van der Waals surface area contributed by atoms with Crippen LogP contribution in [0.4, 0.5) is 13.2 Å². The second kappa shape index (κ2) is 10.4. The normalized spacial score (nSPS) is 16.9. The third-order valence-corrected chi connectivity index (χ3v) is 6.68. The lowest BCUT2D eigenvalue weighted by atomic mass is 9.84. The van der Waals surface area contributed by atoms with Crippen molar-refractivity contribution in [3.8, 4) is 17.1 Å². The summed E-state index contributed by atoms with van der Waals surface area (Å²) in [6, 6.07) is 9.74. The van der Waals surface area contributed by atoms with Crippen LogP contribution in [-0.4, -0.2) is 91.3 Å². The smallest absolute Gasteiger partial charge is 0.490 e. The fourth-order valence-corrected chi connectivity index (χ4v) is 4.91. The maximum absolute atomic E-state index is 12.9. The monoisotopic (exact) mass is 535 g/mol. The number of likely N-dealkylation sites (N-methyl/N-ethyl adjacent to an activating group) is 1. The second-order valence-electron chi connectivity index (χ2n) is 9.37. The number of hydrogen-bond acceptors (Lipinski definition) is 7. The van der Waals surface area contributed by atoms with Crippen LogP contribution in [0.3, 0.4) is 0 Å². The number of ether oxygens (including phenoxy) is 1. The van der Waals surface area contributed by atoms with Crippen molar-refractivity contribution < 1.29 is 32.6 Å². The van der Waals surface area contributed by atoms with E-state index in [0.29, 0.717) is 18.8 Å². The highest BCUT2D eigenvalue weighted by molar-refractivity contribution is 5.92. The van der Waals surface area contributed by atoms with Crippen molar-refractivity contribution >= 4 is 11.9 Å². The van der Waals surface area contributed by atoms with E-state index in [1.807, 2.05) is 36.2 Å². The van der Waals surface area contributed by atoms with E-state index < -0.39 is 12.1 Å². The molecule has 5 rings (SSSR count). The summed E-state index contributed by atoms with van der Waals surface area (Å²) < 4.78 is 41.0. The fraction of sp³-hybridized carbons (Fsp3) is 0.458. The lowest BCUT2D eigenvalue weighted by Crippen LogP contribution is -2.56. The number of carboxylic acid groups (broad SMARTS) is 1. The number of methoxy groups -OCH3 is 1. The SMILES string of the molecule is COc1ccc(-c2nnc3n2C2(CCN(C(=O)c4ccn(C)n4)CC2)CN(C)C3)cc1.O=C(O)C(F)(F)F. The average Bonchev–Trinajstić information content (AvgIpc) is 3.51. The van der Waals surface area contributed by atoms with Gasteiger partial charge >= 0.3 is 12.1 Å². The quantitative estimate of drug-likeness (QED) is 0.543. The summed E-state index contributed by atoms with van der Waals surface area (Å²) >= 11 is 0. The Kier molecular flexibility index (Phi) is 7.44. The van der Waals surface area contributed by atoms with Gasteiger partial charge < -0.3 is 19.3 Å². The van der Waals surface area contributed by atoms with E-state index in [0.717, 1.165) is 48.9 Å². The molecule has 2 aliphatic rings. The first-order chi connectivity index (χ1) is 17.9. The van der Waals surface area contributed by atoms with Crippen LogP contribution >= 0.6 is 0 Å². The van der Waals surface area contributed by atoms with Crippen LogP contribution in [0.2, 0.25) is 0 Å². The number of carbonyl (C=O) groups is 2. The fourth-order valence-electron chi connectivity index (χ4n) is 4.91. The number of likely N-dealkylation sites (tertiary alicyclic amines) is 1. The number of hydrogen-bond donors (Lipinski definition) is 1. The number of rotatable bonds is 3. The number of benzene rings is 1. The molecule has 1 N–H and O–H groups in total. The minimum Gasteiger partial charge on any atom is -0.497 e. The number of amides is 1. The summed E-state index contributed by atoms with van der Waals surface area (Å²) in [5.74, 6) is -0.0799. The van der Waals surface area contributed by atoms with Crippen LogP contribution in [0.5, 0.6) is 5.75 Å². The number of aliphatic carboxylic acids is 1. The largest absolute Gasteiger partial charge is 0.497 e. The van der Waals surface area contributed by atoms with Crippen molar-refractivity contribution in [2.75, 3.05) is 33.8 Å². The van der Waals surface area contributed by atoms with Crippen molar-refractivity contribution in [2.24, 2.45) is 7.05 Å². The van der Waals surface area contributed by atoms with E-state index in [1.54, 1.807) is 24.1 Å². The third-order valence-electron chi connectivity index (χ3n) is 6.68. The van der Waals surface area contributed by atoms with E-state index in [9.17, 15) is 18.0 Å². The van der Waals surface area contributed by atoms with Crippen LogP contribution in [0.1, 0.15) is 29.2 Å². The summed E-state index contributed by atoms with van der Waals surface area (Å²) in [4.78, 5) is 26.0. The Balaban J connectivity index is 0.000000426. The molecule has 1 saturated heterocycles. The van der Waals surface area contributed by atoms with Crippen molar-refractivity contribution in [2.45, 2.75) is 31.1 Å². The molecule has 1 amide bonds. The number of aryl methyl sites for hydroxylation is 1. The number of alkyl halides is 3. The molecular weight excluding hydrogens is 507 g/mol. The summed E-state index contributed by atoms with van der Waals surface area (Å²) in [6.07, 6.45) is -1.58. The molecule has 0 bridgehead atoms. The summed E-state index contributed by atoms with van der Waals surface area (Å²) in [5, 5.41) is 20.5. The Bertz CT molecular complexity index is 1300. The molecule has 2 aliphatic heterocycles. The maximum Gasteiger partial charge on any atom is 0.490 e.